The van der Waals surface area contributed by atoms with Gasteiger partial charge in [0.25, 0.3) is 0 Å². The van der Waals surface area contributed by atoms with E-state index < -0.39 is 15.4 Å². The monoisotopic (exact) mass is 308 g/mol. The van der Waals surface area contributed by atoms with Crippen LogP contribution in [0, 0.1) is 0 Å². The van der Waals surface area contributed by atoms with Crippen LogP contribution in [0.15, 0.2) is 0 Å². The molecule has 0 aromatic carbocycles. The molecule has 90 valence electrons. The highest BCUT2D eigenvalue weighted by Gasteiger charge is 2.47. The van der Waals surface area contributed by atoms with Gasteiger partial charge in [-0.1, -0.05) is 41.5 Å². The first-order chi connectivity index (χ1) is 6.89. The zero-order chi connectivity index (χ0) is 11.5. The fraction of sp³-hybridized carbons (Fsp3) is 1.00. The van der Waals surface area contributed by atoms with Crippen LogP contribution in [0.5, 0.6) is 0 Å². The van der Waals surface area contributed by atoms with Gasteiger partial charge in [-0.3, -0.25) is 0 Å². The maximum absolute atomic E-state index is 6.42. The van der Waals surface area contributed by atoms with E-state index in [1.54, 1.807) is 0 Å². The third kappa shape index (κ3) is 3.68. The normalized spacial score (nSPS) is 29.0. The van der Waals surface area contributed by atoms with Crippen molar-refractivity contribution in [2.24, 2.45) is 0 Å². The van der Waals surface area contributed by atoms with Crippen LogP contribution in [-0.4, -0.2) is 26.9 Å². The van der Waals surface area contributed by atoms with Crippen LogP contribution in [0.2, 0.25) is 32.2 Å². The van der Waals surface area contributed by atoms with Gasteiger partial charge in [-0.25, -0.2) is 0 Å². The Labute approximate surface area is 105 Å². The van der Waals surface area contributed by atoms with Gasteiger partial charge in [0.2, 0.25) is 0 Å². The molecule has 0 aliphatic carbocycles. The van der Waals surface area contributed by atoms with Gasteiger partial charge in [0.15, 0.2) is 7.83 Å². The molecule has 0 amide bonds. The Morgan fingerprint density at radius 3 is 2.40 bits per heavy atom. The quantitative estimate of drug-likeness (QED) is 0.426. The van der Waals surface area contributed by atoms with Gasteiger partial charge in [-0.05, 0) is 32.4 Å². The van der Waals surface area contributed by atoms with E-state index in [2.05, 4.69) is 42.1 Å². The number of alkyl halides is 1. The third-order valence-electron chi connectivity index (χ3n) is 4.09. The van der Waals surface area contributed by atoms with E-state index in [1.807, 2.05) is 0 Å². The third-order valence-corrected chi connectivity index (χ3v) is 21.3. The average Bonchev–Trinajstić information content (AvgIpc) is 2.12. The highest BCUT2D eigenvalue weighted by molar-refractivity contribution is 9.09. The molecule has 0 radical (unpaired) electrons. The van der Waals surface area contributed by atoms with E-state index in [4.69, 9.17) is 4.43 Å². The van der Waals surface area contributed by atoms with Crippen LogP contribution >= 0.6 is 15.9 Å². The summed E-state index contributed by atoms with van der Waals surface area (Å²) in [5.74, 6) is 0. The van der Waals surface area contributed by atoms with Crippen LogP contribution in [0.4, 0.5) is 0 Å². The van der Waals surface area contributed by atoms with Crippen molar-refractivity contribution in [2.45, 2.75) is 64.0 Å². The first kappa shape index (κ1) is 13.9. The summed E-state index contributed by atoms with van der Waals surface area (Å²) in [7, 11) is -2.31. The van der Waals surface area contributed by atoms with Crippen LogP contribution in [0.1, 0.15) is 25.7 Å². The smallest absolute Gasteiger partial charge is 0.174 e. The summed E-state index contributed by atoms with van der Waals surface area (Å²) in [5.41, 5.74) is 0. The van der Waals surface area contributed by atoms with E-state index in [9.17, 15) is 0 Å². The number of rotatable bonds is 4. The van der Waals surface area contributed by atoms with Crippen molar-refractivity contribution in [3.63, 3.8) is 0 Å². The molecule has 1 aliphatic heterocycles. The van der Waals surface area contributed by atoms with Gasteiger partial charge in [0.05, 0.1) is 7.59 Å². The molecule has 1 unspecified atom stereocenters. The predicted octanol–water partition coefficient (Wildman–Crippen LogP) is 4.33. The van der Waals surface area contributed by atoms with Crippen molar-refractivity contribution >= 4 is 31.4 Å². The van der Waals surface area contributed by atoms with Crippen LogP contribution in [0.25, 0.3) is 0 Å². The molecular formula is C11H25BrOSi2. The Kier molecular flexibility index (Phi) is 5.08. The topological polar surface area (TPSA) is 9.23 Å². The van der Waals surface area contributed by atoms with E-state index in [0.29, 0.717) is 6.10 Å². The molecule has 1 aliphatic rings. The average molecular weight is 309 g/mol. The predicted molar refractivity (Wildman–Crippen MR) is 76.9 cm³/mol. The number of unbranched alkanes of at least 4 members (excludes halogenated alkanes) is 1. The number of hydrogen-bond acceptors (Lipinski definition) is 1. The summed E-state index contributed by atoms with van der Waals surface area (Å²) in [6.45, 7) is 9.92. The lowest BCUT2D eigenvalue weighted by atomic mass is 10.1. The largest absolute Gasteiger partial charge is 0.417 e. The molecule has 0 aromatic rings. The molecule has 0 spiro atoms. The van der Waals surface area contributed by atoms with Gasteiger partial charge >= 0.3 is 0 Å². The molecule has 4 heteroatoms. The molecule has 0 aromatic heterocycles. The van der Waals surface area contributed by atoms with Gasteiger partial charge in [0, 0.05) is 11.4 Å². The van der Waals surface area contributed by atoms with E-state index in [1.165, 1.54) is 31.7 Å². The van der Waals surface area contributed by atoms with Crippen molar-refractivity contribution in [1.82, 2.24) is 0 Å². The lowest BCUT2D eigenvalue weighted by Crippen LogP contribution is -2.61. The first-order valence-corrected chi connectivity index (χ1v) is 14.4. The summed E-state index contributed by atoms with van der Waals surface area (Å²) in [5, 5.41) is 1.14. The van der Waals surface area contributed by atoms with Gasteiger partial charge in [-0.15, -0.1) is 0 Å². The van der Waals surface area contributed by atoms with E-state index in [0.717, 1.165) is 5.33 Å². The fourth-order valence-corrected chi connectivity index (χ4v) is 9.25. The van der Waals surface area contributed by atoms with Gasteiger partial charge in [0.1, 0.15) is 0 Å². The molecule has 1 rings (SSSR count). The molecule has 1 saturated heterocycles. The van der Waals surface area contributed by atoms with Gasteiger partial charge < -0.3 is 4.43 Å². The molecule has 1 fully saturated rings. The molecule has 0 N–H and O–H groups in total. The first-order valence-electron chi connectivity index (χ1n) is 6.13. The second kappa shape index (κ2) is 5.47. The summed E-state index contributed by atoms with van der Waals surface area (Å²) in [4.78, 5) is 0. The Balaban J connectivity index is 2.41. The summed E-state index contributed by atoms with van der Waals surface area (Å²) in [6, 6.07) is 1.49. The molecule has 0 bridgehead atoms. The van der Waals surface area contributed by atoms with Crippen molar-refractivity contribution in [2.75, 3.05) is 5.33 Å². The highest BCUT2D eigenvalue weighted by Crippen LogP contribution is 2.34. The number of hydrogen-bond donors (Lipinski definition) is 0. The Morgan fingerprint density at radius 2 is 1.87 bits per heavy atom. The highest BCUT2D eigenvalue weighted by atomic mass is 79.9. The summed E-state index contributed by atoms with van der Waals surface area (Å²) < 4.78 is 6.42. The van der Waals surface area contributed by atoms with Crippen molar-refractivity contribution in [1.29, 1.82) is 0 Å². The minimum absolute atomic E-state index is 0.589. The second-order valence-electron chi connectivity index (χ2n) is 5.86. The Hall–Kier alpha value is 0.874. The maximum Gasteiger partial charge on any atom is 0.174 e. The fourth-order valence-electron chi connectivity index (χ4n) is 2.13. The molecule has 1 nitrogen and oxygen atoms in total. The lowest BCUT2D eigenvalue weighted by molar-refractivity contribution is 0.172. The summed E-state index contributed by atoms with van der Waals surface area (Å²) in [6.07, 6.45) is 5.82. The second-order valence-corrected chi connectivity index (χ2v) is 21.8. The minimum Gasteiger partial charge on any atom is -0.417 e. The molecule has 15 heavy (non-hydrogen) atoms. The molecule has 1 heterocycles. The van der Waals surface area contributed by atoms with Crippen LogP contribution in [0.3, 0.4) is 0 Å². The zero-order valence-corrected chi connectivity index (χ0v) is 14.2. The zero-order valence-electron chi connectivity index (χ0n) is 10.6. The Bertz CT molecular complexity index is 207. The minimum atomic E-state index is -1.31. The molecular weight excluding hydrogens is 284 g/mol. The van der Waals surface area contributed by atoms with E-state index in [-0.39, 0.29) is 0 Å². The Morgan fingerprint density at radius 1 is 1.20 bits per heavy atom. The van der Waals surface area contributed by atoms with Gasteiger partial charge in [-0.2, -0.15) is 0 Å². The van der Waals surface area contributed by atoms with Crippen molar-refractivity contribution in [3.8, 4) is 0 Å². The van der Waals surface area contributed by atoms with E-state index >= 15 is 0 Å². The summed E-state index contributed by atoms with van der Waals surface area (Å²) >= 11 is 3.49. The molecule has 1 atom stereocenters. The van der Waals surface area contributed by atoms with Crippen LogP contribution in [-0.2, 0) is 4.43 Å². The standard InChI is InChI=1S/C11H25BrOSi2/c1-14(2)10-8-11(7-5-6-9-12)13-15(14,3)4/h11H,5-10H2,1-4H3. The lowest BCUT2D eigenvalue weighted by Gasteiger charge is -2.45. The van der Waals surface area contributed by atoms with Crippen molar-refractivity contribution < 1.29 is 4.43 Å². The van der Waals surface area contributed by atoms with Crippen molar-refractivity contribution in [3.05, 3.63) is 0 Å². The molecule has 0 saturated carbocycles. The maximum atomic E-state index is 6.42. The van der Waals surface area contributed by atoms with Crippen LogP contribution < -0.4 is 0 Å². The SMILES string of the molecule is C[Si]1(C)CCC(CCCCBr)O[Si]1(C)C. The number of halogens is 1.